The molecule has 0 spiro atoms. The molecule has 6 nitrogen and oxygen atoms in total. The van der Waals surface area contributed by atoms with Crippen LogP contribution in [0.25, 0.3) is 0 Å². The molecule has 2 heterocycles. The van der Waals surface area contributed by atoms with Crippen molar-refractivity contribution in [3.63, 3.8) is 0 Å². The van der Waals surface area contributed by atoms with Crippen LogP contribution >= 0.6 is 0 Å². The van der Waals surface area contributed by atoms with Gasteiger partial charge in [-0.05, 0) is 44.1 Å². The third kappa shape index (κ3) is 4.08. The van der Waals surface area contributed by atoms with E-state index in [1.807, 2.05) is 24.3 Å². The largest absolute Gasteiger partial charge is 0.492 e. The van der Waals surface area contributed by atoms with Crippen molar-refractivity contribution in [1.29, 1.82) is 0 Å². The van der Waals surface area contributed by atoms with E-state index in [9.17, 15) is 0 Å². The van der Waals surface area contributed by atoms with Crippen molar-refractivity contribution in [1.82, 2.24) is 14.9 Å². The minimum atomic E-state index is 0.440. The highest BCUT2D eigenvalue weighted by Gasteiger charge is 2.10. The summed E-state index contributed by atoms with van der Waals surface area (Å²) in [7, 11) is 0. The Labute approximate surface area is 130 Å². The lowest BCUT2D eigenvalue weighted by Gasteiger charge is -2.15. The first-order valence-electron chi connectivity index (χ1n) is 7.60. The molecule has 116 valence electrons. The summed E-state index contributed by atoms with van der Waals surface area (Å²) < 4.78 is 5.82. The number of nitrogens with one attached hydrogen (secondary N) is 1. The molecular weight excluding hydrogens is 278 g/mol. The maximum Gasteiger partial charge on any atom is 0.229 e. The fraction of sp³-hybridized carbons (Fsp3) is 0.375. The zero-order valence-corrected chi connectivity index (χ0v) is 12.5. The number of nitrogens with zero attached hydrogens (tertiary/aromatic N) is 3. The van der Waals surface area contributed by atoms with Crippen molar-refractivity contribution in [3.05, 3.63) is 36.5 Å². The molecule has 2 aromatic rings. The van der Waals surface area contributed by atoms with Crippen molar-refractivity contribution in [3.8, 4) is 5.75 Å². The van der Waals surface area contributed by atoms with Crippen LogP contribution in [-0.2, 0) is 0 Å². The van der Waals surface area contributed by atoms with Crippen LogP contribution in [0.1, 0.15) is 12.8 Å². The standard InChI is InChI=1S/C16H21N5O/c17-15-6-7-18-16(20-15)19-13-4-3-5-14(12-13)22-11-10-21-8-1-2-9-21/h3-7,12H,1-2,8-11H2,(H3,17,18,19,20). The van der Waals surface area contributed by atoms with E-state index in [-0.39, 0.29) is 0 Å². The summed E-state index contributed by atoms with van der Waals surface area (Å²) in [5.41, 5.74) is 6.53. The average Bonchev–Trinajstić information content (AvgIpc) is 3.01. The average molecular weight is 299 g/mol. The van der Waals surface area contributed by atoms with Crippen molar-refractivity contribution in [2.75, 3.05) is 37.3 Å². The highest BCUT2D eigenvalue weighted by molar-refractivity contribution is 5.56. The van der Waals surface area contributed by atoms with Gasteiger partial charge in [0.2, 0.25) is 5.95 Å². The van der Waals surface area contributed by atoms with Crippen LogP contribution in [0.3, 0.4) is 0 Å². The van der Waals surface area contributed by atoms with Gasteiger partial charge in [-0.2, -0.15) is 4.98 Å². The molecule has 1 aliphatic heterocycles. The van der Waals surface area contributed by atoms with Gasteiger partial charge in [-0.25, -0.2) is 4.98 Å². The number of aromatic nitrogens is 2. The smallest absolute Gasteiger partial charge is 0.229 e. The monoisotopic (exact) mass is 299 g/mol. The van der Waals surface area contributed by atoms with Crippen LogP contribution in [0, 0.1) is 0 Å². The van der Waals surface area contributed by atoms with Gasteiger partial charge < -0.3 is 15.8 Å². The molecular formula is C16H21N5O. The number of likely N-dealkylation sites (tertiary alicyclic amines) is 1. The second kappa shape index (κ2) is 7.09. The Kier molecular flexibility index (Phi) is 4.70. The minimum absolute atomic E-state index is 0.440. The molecule has 1 fully saturated rings. The quantitative estimate of drug-likeness (QED) is 0.852. The molecule has 1 aromatic carbocycles. The summed E-state index contributed by atoms with van der Waals surface area (Å²) in [5.74, 6) is 1.76. The predicted octanol–water partition coefficient (Wildman–Crippen LogP) is 2.28. The van der Waals surface area contributed by atoms with Gasteiger partial charge in [0.25, 0.3) is 0 Å². The van der Waals surface area contributed by atoms with Gasteiger partial charge in [0.15, 0.2) is 0 Å². The predicted molar refractivity (Wildman–Crippen MR) is 87.3 cm³/mol. The number of hydrogen-bond donors (Lipinski definition) is 2. The zero-order chi connectivity index (χ0) is 15.2. The van der Waals surface area contributed by atoms with Crippen molar-refractivity contribution in [2.45, 2.75) is 12.8 Å². The van der Waals surface area contributed by atoms with E-state index in [1.165, 1.54) is 25.9 Å². The number of nitrogens with two attached hydrogens (primary N) is 1. The van der Waals surface area contributed by atoms with E-state index < -0.39 is 0 Å². The summed E-state index contributed by atoms with van der Waals surface area (Å²) in [4.78, 5) is 10.7. The maximum absolute atomic E-state index is 5.82. The number of anilines is 3. The summed E-state index contributed by atoms with van der Waals surface area (Å²) in [6, 6.07) is 9.44. The topological polar surface area (TPSA) is 76.3 Å². The number of benzene rings is 1. The van der Waals surface area contributed by atoms with Gasteiger partial charge >= 0.3 is 0 Å². The van der Waals surface area contributed by atoms with E-state index in [2.05, 4.69) is 20.2 Å². The molecule has 3 N–H and O–H groups in total. The molecule has 0 unspecified atom stereocenters. The molecule has 1 aromatic heterocycles. The molecule has 1 saturated heterocycles. The third-order valence-corrected chi connectivity index (χ3v) is 3.64. The van der Waals surface area contributed by atoms with Crippen LogP contribution in [0.15, 0.2) is 36.5 Å². The highest BCUT2D eigenvalue weighted by atomic mass is 16.5. The van der Waals surface area contributed by atoms with E-state index in [4.69, 9.17) is 10.5 Å². The third-order valence-electron chi connectivity index (χ3n) is 3.64. The van der Waals surface area contributed by atoms with Gasteiger partial charge in [-0.15, -0.1) is 0 Å². The first-order chi connectivity index (χ1) is 10.8. The summed E-state index contributed by atoms with van der Waals surface area (Å²) in [6.07, 6.45) is 4.24. The van der Waals surface area contributed by atoms with Gasteiger partial charge in [-0.1, -0.05) is 6.07 Å². The lowest BCUT2D eigenvalue weighted by molar-refractivity contribution is 0.238. The van der Waals surface area contributed by atoms with E-state index >= 15 is 0 Å². The zero-order valence-electron chi connectivity index (χ0n) is 12.5. The number of ether oxygens (including phenoxy) is 1. The molecule has 3 rings (SSSR count). The number of rotatable bonds is 6. The molecule has 0 radical (unpaired) electrons. The van der Waals surface area contributed by atoms with Gasteiger partial charge in [-0.3, -0.25) is 4.90 Å². The van der Waals surface area contributed by atoms with Crippen LogP contribution < -0.4 is 15.8 Å². The number of nitrogen functional groups attached to an aromatic ring is 1. The maximum atomic E-state index is 5.82. The molecule has 22 heavy (non-hydrogen) atoms. The summed E-state index contributed by atoms with van der Waals surface area (Å²) in [6.45, 7) is 4.07. The highest BCUT2D eigenvalue weighted by Crippen LogP contribution is 2.20. The molecule has 0 bridgehead atoms. The Morgan fingerprint density at radius 1 is 1.23 bits per heavy atom. The Balaban J connectivity index is 1.55. The molecule has 0 aliphatic carbocycles. The Morgan fingerprint density at radius 2 is 2.09 bits per heavy atom. The first kappa shape index (κ1) is 14.6. The normalized spacial score (nSPS) is 14.9. The second-order valence-electron chi connectivity index (χ2n) is 5.36. The lowest BCUT2D eigenvalue weighted by Crippen LogP contribution is -2.25. The van der Waals surface area contributed by atoms with Gasteiger partial charge in [0.05, 0.1) is 0 Å². The van der Waals surface area contributed by atoms with Gasteiger partial charge in [0, 0.05) is 24.5 Å². The summed E-state index contributed by atoms with van der Waals surface area (Å²) in [5, 5.41) is 3.12. The van der Waals surface area contributed by atoms with E-state index in [0.717, 1.165) is 18.0 Å². The van der Waals surface area contributed by atoms with Gasteiger partial charge in [0.1, 0.15) is 18.2 Å². The molecule has 1 aliphatic rings. The molecule has 0 saturated carbocycles. The van der Waals surface area contributed by atoms with Crippen LogP contribution in [0.2, 0.25) is 0 Å². The summed E-state index contributed by atoms with van der Waals surface area (Å²) >= 11 is 0. The molecule has 0 atom stereocenters. The van der Waals surface area contributed by atoms with E-state index in [0.29, 0.717) is 18.4 Å². The van der Waals surface area contributed by atoms with Crippen molar-refractivity contribution >= 4 is 17.5 Å². The molecule has 0 amide bonds. The first-order valence-corrected chi connectivity index (χ1v) is 7.60. The lowest BCUT2D eigenvalue weighted by atomic mass is 10.3. The fourth-order valence-electron chi connectivity index (χ4n) is 2.52. The molecule has 6 heteroatoms. The SMILES string of the molecule is Nc1ccnc(Nc2cccc(OCCN3CCCC3)c2)n1. The Morgan fingerprint density at radius 3 is 2.91 bits per heavy atom. The van der Waals surface area contributed by atoms with Crippen molar-refractivity contribution < 1.29 is 4.74 Å². The van der Waals surface area contributed by atoms with Crippen molar-refractivity contribution in [2.24, 2.45) is 0 Å². The van der Waals surface area contributed by atoms with Crippen LogP contribution in [0.5, 0.6) is 5.75 Å². The van der Waals surface area contributed by atoms with E-state index in [1.54, 1.807) is 12.3 Å². The van der Waals surface area contributed by atoms with Crippen LogP contribution in [0.4, 0.5) is 17.5 Å². The minimum Gasteiger partial charge on any atom is -0.492 e. The Bertz CT molecular complexity index is 613. The number of hydrogen-bond acceptors (Lipinski definition) is 6. The Hall–Kier alpha value is -2.34. The fourth-order valence-corrected chi connectivity index (χ4v) is 2.52. The van der Waals surface area contributed by atoms with Crippen LogP contribution in [-0.4, -0.2) is 41.1 Å². The second-order valence-corrected chi connectivity index (χ2v) is 5.36.